The van der Waals surface area contributed by atoms with Gasteiger partial charge in [0.2, 0.25) is 11.8 Å². The van der Waals surface area contributed by atoms with Gasteiger partial charge in [0.25, 0.3) is 0 Å². The largest absolute Gasteiger partial charge is 0.356 e. The predicted molar refractivity (Wildman–Crippen MR) is 118 cm³/mol. The lowest BCUT2D eigenvalue weighted by Crippen LogP contribution is -2.30. The predicted octanol–water partition coefficient (Wildman–Crippen LogP) is 2.13. The molecule has 0 aliphatic carbocycles. The van der Waals surface area contributed by atoms with Gasteiger partial charge in [-0.3, -0.25) is 9.59 Å². The number of aromatic nitrogens is 1. The number of nitrogens with zero attached hydrogens (tertiary/aromatic N) is 1. The summed E-state index contributed by atoms with van der Waals surface area (Å²) in [7, 11) is 1.85. The first-order valence-corrected chi connectivity index (χ1v) is 10.8. The van der Waals surface area contributed by atoms with Gasteiger partial charge in [-0.15, -0.1) is 11.3 Å². The van der Waals surface area contributed by atoms with E-state index in [-0.39, 0.29) is 24.3 Å². The Labute approximate surface area is 176 Å². The second-order valence-electron chi connectivity index (χ2n) is 6.96. The standard InChI is InChI=1S/C21H31N5O2S/c1-15-21(29-14-26-15)17-8-6-16(7-9-17)18(22)13-20(28)24-10-4-3-5-19(27)25-12-11-23-2/h6-9,14,18,23H,3-5,10-13,22H2,1-2H3,(H,24,28)(H,25,27)/t18-/m0/s1. The molecule has 1 aromatic carbocycles. The number of thiazole rings is 1. The first kappa shape index (κ1) is 23.0. The number of benzene rings is 1. The number of hydrogen-bond acceptors (Lipinski definition) is 6. The van der Waals surface area contributed by atoms with Crippen LogP contribution in [0.15, 0.2) is 29.8 Å². The molecule has 0 fully saturated rings. The van der Waals surface area contributed by atoms with Crippen molar-refractivity contribution in [3.8, 4) is 10.4 Å². The van der Waals surface area contributed by atoms with Crippen molar-refractivity contribution in [2.45, 2.75) is 38.6 Å². The summed E-state index contributed by atoms with van der Waals surface area (Å²) in [4.78, 5) is 29.1. The third kappa shape index (κ3) is 7.92. The molecule has 0 spiro atoms. The molecule has 158 valence electrons. The molecule has 1 aromatic heterocycles. The number of nitrogens with two attached hydrogens (primary N) is 1. The van der Waals surface area contributed by atoms with Gasteiger partial charge in [0.1, 0.15) is 0 Å². The van der Waals surface area contributed by atoms with Crippen molar-refractivity contribution in [1.82, 2.24) is 20.9 Å². The van der Waals surface area contributed by atoms with E-state index >= 15 is 0 Å². The van der Waals surface area contributed by atoms with Gasteiger partial charge >= 0.3 is 0 Å². The zero-order valence-corrected chi connectivity index (χ0v) is 18.0. The van der Waals surface area contributed by atoms with Crippen LogP contribution in [0.3, 0.4) is 0 Å². The van der Waals surface area contributed by atoms with Crippen molar-refractivity contribution in [3.05, 3.63) is 41.0 Å². The van der Waals surface area contributed by atoms with Crippen LogP contribution in [-0.4, -0.2) is 43.5 Å². The molecule has 1 atom stereocenters. The summed E-state index contributed by atoms with van der Waals surface area (Å²) in [5, 5.41) is 8.69. The van der Waals surface area contributed by atoms with Crippen LogP contribution in [-0.2, 0) is 9.59 Å². The second-order valence-corrected chi connectivity index (χ2v) is 7.81. The van der Waals surface area contributed by atoms with Gasteiger partial charge in [-0.2, -0.15) is 0 Å². The molecule has 1 heterocycles. The first-order chi connectivity index (χ1) is 14.0. The molecule has 2 aromatic rings. The number of nitrogens with one attached hydrogen (secondary N) is 3. The van der Waals surface area contributed by atoms with Crippen molar-refractivity contribution in [2.24, 2.45) is 5.73 Å². The maximum atomic E-state index is 12.1. The molecule has 7 nitrogen and oxygen atoms in total. The highest BCUT2D eigenvalue weighted by Crippen LogP contribution is 2.28. The number of hydrogen-bond donors (Lipinski definition) is 4. The number of likely N-dealkylation sites (N-methyl/N-ethyl adjacent to an activating group) is 1. The summed E-state index contributed by atoms with van der Waals surface area (Å²) in [6.07, 6.45) is 2.23. The molecule has 0 saturated heterocycles. The van der Waals surface area contributed by atoms with E-state index in [4.69, 9.17) is 5.73 Å². The van der Waals surface area contributed by atoms with Crippen LogP contribution in [0.25, 0.3) is 10.4 Å². The summed E-state index contributed by atoms with van der Waals surface area (Å²) >= 11 is 1.61. The van der Waals surface area contributed by atoms with E-state index in [0.29, 0.717) is 19.5 Å². The highest BCUT2D eigenvalue weighted by molar-refractivity contribution is 7.13. The van der Waals surface area contributed by atoms with E-state index in [0.717, 1.165) is 41.1 Å². The molecule has 0 aliphatic heterocycles. The lowest BCUT2D eigenvalue weighted by atomic mass is 10.0. The number of aryl methyl sites for hydroxylation is 1. The Morgan fingerprint density at radius 2 is 1.79 bits per heavy atom. The number of amides is 2. The summed E-state index contributed by atoms with van der Waals surface area (Å²) in [6, 6.07) is 7.65. The minimum absolute atomic E-state index is 0.0468. The van der Waals surface area contributed by atoms with Gasteiger partial charge in [0.15, 0.2) is 0 Å². The molecule has 0 aliphatic rings. The van der Waals surface area contributed by atoms with E-state index in [1.165, 1.54) is 0 Å². The van der Waals surface area contributed by atoms with Crippen LogP contribution < -0.4 is 21.7 Å². The lowest BCUT2D eigenvalue weighted by Gasteiger charge is -2.13. The van der Waals surface area contributed by atoms with E-state index < -0.39 is 0 Å². The Bertz CT molecular complexity index is 776. The van der Waals surface area contributed by atoms with Crippen LogP contribution in [0.1, 0.15) is 43.0 Å². The smallest absolute Gasteiger partial charge is 0.221 e. The van der Waals surface area contributed by atoms with Gasteiger partial charge in [0, 0.05) is 38.5 Å². The van der Waals surface area contributed by atoms with Crippen molar-refractivity contribution < 1.29 is 9.59 Å². The van der Waals surface area contributed by atoms with Gasteiger partial charge < -0.3 is 21.7 Å². The summed E-state index contributed by atoms with van der Waals surface area (Å²) in [5.74, 6) is -0.0241. The Hall–Kier alpha value is -2.29. The maximum absolute atomic E-state index is 12.1. The molecule has 5 N–H and O–H groups in total. The van der Waals surface area contributed by atoms with Crippen LogP contribution in [0.2, 0.25) is 0 Å². The second kappa shape index (κ2) is 12.3. The van der Waals surface area contributed by atoms with Crippen molar-refractivity contribution >= 4 is 23.2 Å². The van der Waals surface area contributed by atoms with Crippen LogP contribution >= 0.6 is 11.3 Å². The SMILES string of the molecule is CNCCNC(=O)CCCCNC(=O)C[C@H](N)c1ccc(-c2scnc2C)cc1. The Morgan fingerprint density at radius 3 is 2.45 bits per heavy atom. The molecule has 0 unspecified atom stereocenters. The number of carbonyl (C=O) groups is 2. The molecular formula is C21H31N5O2S. The molecular weight excluding hydrogens is 386 g/mol. The highest BCUT2D eigenvalue weighted by Gasteiger charge is 2.12. The van der Waals surface area contributed by atoms with E-state index in [2.05, 4.69) is 20.9 Å². The van der Waals surface area contributed by atoms with E-state index in [1.54, 1.807) is 11.3 Å². The molecule has 0 radical (unpaired) electrons. The fraction of sp³-hybridized carbons (Fsp3) is 0.476. The molecule has 0 saturated carbocycles. The summed E-state index contributed by atoms with van der Waals surface area (Å²) in [6.45, 7) is 3.94. The molecule has 29 heavy (non-hydrogen) atoms. The molecule has 8 heteroatoms. The average Bonchev–Trinajstić information content (AvgIpc) is 3.14. The Morgan fingerprint density at radius 1 is 1.07 bits per heavy atom. The van der Waals surface area contributed by atoms with E-state index in [9.17, 15) is 9.59 Å². The fourth-order valence-electron chi connectivity index (χ4n) is 2.90. The lowest BCUT2D eigenvalue weighted by molar-refractivity contribution is -0.121. The van der Waals surface area contributed by atoms with Gasteiger partial charge in [0.05, 0.1) is 16.1 Å². The number of unbranched alkanes of at least 4 members (excludes halogenated alkanes) is 1. The van der Waals surface area contributed by atoms with Gasteiger partial charge in [-0.25, -0.2) is 4.98 Å². The Kier molecular flexibility index (Phi) is 9.76. The fourth-order valence-corrected chi connectivity index (χ4v) is 3.72. The highest BCUT2D eigenvalue weighted by atomic mass is 32.1. The van der Waals surface area contributed by atoms with E-state index in [1.807, 2.05) is 43.7 Å². The topological polar surface area (TPSA) is 109 Å². The monoisotopic (exact) mass is 417 g/mol. The van der Waals surface area contributed by atoms with Crippen LogP contribution in [0.4, 0.5) is 0 Å². The first-order valence-electron chi connectivity index (χ1n) is 9.95. The minimum Gasteiger partial charge on any atom is -0.356 e. The van der Waals surface area contributed by atoms with Crippen molar-refractivity contribution in [3.63, 3.8) is 0 Å². The van der Waals surface area contributed by atoms with Crippen LogP contribution in [0.5, 0.6) is 0 Å². The zero-order valence-electron chi connectivity index (χ0n) is 17.2. The van der Waals surface area contributed by atoms with Crippen molar-refractivity contribution in [1.29, 1.82) is 0 Å². The molecule has 0 bridgehead atoms. The van der Waals surface area contributed by atoms with Gasteiger partial charge in [-0.05, 0) is 37.9 Å². The van der Waals surface area contributed by atoms with Crippen molar-refractivity contribution in [2.75, 3.05) is 26.7 Å². The Balaban J connectivity index is 1.66. The average molecular weight is 418 g/mol. The zero-order chi connectivity index (χ0) is 21.1. The third-order valence-corrected chi connectivity index (χ3v) is 5.58. The quantitative estimate of drug-likeness (QED) is 0.396. The third-order valence-electron chi connectivity index (χ3n) is 4.60. The number of rotatable bonds is 12. The minimum atomic E-state index is -0.343. The summed E-state index contributed by atoms with van der Waals surface area (Å²) < 4.78 is 0. The van der Waals surface area contributed by atoms with Gasteiger partial charge in [-0.1, -0.05) is 24.3 Å². The maximum Gasteiger partial charge on any atom is 0.221 e. The van der Waals surface area contributed by atoms with Crippen LogP contribution in [0, 0.1) is 6.92 Å². The summed E-state index contributed by atoms with van der Waals surface area (Å²) in [5.41, 5.74) is 11.1. The number of carbonyl (C=O) groups excluding carboxylic acids is 2. The normalized spacial score (nSPS) is 11.8. The molecule has 2 amide bonds. The molecule has 2 rings (SSSR count).